The van der Waals surface area contributed by atoms with Crippen LogP contribution in [0.3, 0.4) is 0 Å². The summed E-state index contributed by atoms with van der Waals surface area (Å²) < 4.78 is 0. The van der Waals surface area contributed by atoms with Gasteiger partial charge in [-0.15, -0.1) is 11.3 Å². The minimum atomic E-state index is 0.541. The zero-order valence-corrected chi connectivity index (χ0v) is 13.4. The van der Waals surface area contributed by atoms with Crippen LogP contribution in [0.25, 0.3) is 0 Å². The van der Waals surface area contributed by atoms with Crippen molar-refractivity contribution >= 4 is 11.3 Å². The summed E-state index contributed by atoms with van der Waals surface area (Å²) >= 11 is 1.90. The molecule has 0 spiro atoms. The van der Waals surface area contributed by atoms with E-state index in [1.807, 2.05) is 11.3 Å². The third-order valence-corrected chi connectivity index (χ3v) is 5.79. The van der Waals surface area contributed by atoms with Gasteiger partial charge in [-0.2, -0.15) is 0 Å². The molecule has 1 aliphatic heterocycles. The Balaban J connectivity index is 1.70. The Hall–Kier alpha value is -0.450. The van der Waals surface area contributed by atoms with Gasteiger partial charge in [-0.05, 0) is 19.3 Å². The lowest BCUT2D eigenvalue weighted by molar-refractivity contribution is 0.169. The van der Waals surface area contributed by atoms with E-state index in [-0.39, 0.29) is 0 Å². The zero-order valence-electron chi connectivity index (χ0n) is 12.6. The van der Waals surface area contributed by atoms with Gasteiger partial charge in [0, 0.05) is 37.5 Å². The maximum absolute atomic E-state index is 5.04. The predicted molar refractivity (Wildman–Crippen MR) is 85.4 cm³/mol. The molecule has 112 valence electrons. The highest BCUT2D eigenvalue weighted by atomic mass is 32.1. The van der Waals surface area contributed by atoms with Crippen molar-refractivity contribution in [2.45, 2.75) is 57.4 Å². The Morgan fingerprint density at radius 1 is 1.30 bits per heavy atom. The molecule has 3 rings (SSSR count). The summed E-state index contributed by atoms with van der Waals surface area (Å²) in [5.41, 5.74) is 1.39. The van der Waals surface area contributed by atoms with Crippen molar-refractivity contribution in [1.29, 1.82) is 0 Å². The van der Waals surface area contributed by atoms with E-state index in [1.54, 1.807) is 0 Å². The summed E-state index contributed by atoms with van der Waals surface area (Å²) in [6, 6.07) is 0.541. The lowest BCUT2D eigenvalue weighted by Gasteiger charge is -2.33. The number of aromatic nitrogens is 1. The third-order valence-electron chi connectivity index (χ3n) is 4.83. The van der Waals surface area contributed by atoms with E-state index < -0.39 is 0 Å². The van der Waals surface area contributed by atoms with E-state index in [9.17, 15) is 0 Å². The number of piperazine rings is 1. The molecule has 2 fully saturated rings. The third kappa shape index (κ3) is 3.23. The van der Waals surface area contributed by atoms with Crippen LogP contribution in [0.4, 0.5) is 0 Å². The standard InChI is InChI=1S/C16H27N3S/c1-2-15(19-10-8-17-9-11-19)16-18-14(12-20-16)13-6-4-3-5-7-13/h12-13,15,17H,2-11H2,1H3. The number of nitrogens with zero attached hydrogens (tertiary/aromatic N) is 2. The predicted octanol–water partition coefficient (Wildman–Crippen LogP) is 3.55. The second-order valence-corrected chi connectivity index (χ2v) is 7.05. The first-order valence-electron chi connectivity index (χ1n) is 8.28. The van der Waals surface area contributed by atoms with E-state index in [2.05, 4.69) is 22.5 Å². The van der Waals surface area contributed by atoms with Crippen LogP contribution in [-0.4, -0.2) is 36.1 Å². The topological polar surface area (TPSA) is 28.2 Å². The van der Waals surface area contributed by atoms with Crippen molar-refractivity contribution in [1.82, 2.24) is 15.2 Å². The van der Waals surface area contributed by atoms with Crippen molar-refractivity contribution < 1.29 is 0 Å². The molecule has 3 nitrogen and oxygen atoms in total. The molecule has 1 aliphatic carbocycles. The molecule has 2 heterocycles. The normalized spacial score (nSPS) is 23.9. The summed E-state index contributed by atoms with van der Waals surface area (Å²) in [7, 11) is 0. The van der Waals surface area contributed by atoms with Gasteiger partial charge in [0.2, 0.25) is 0 Å². The van der Waals surface area contributed by atoms with Gasteiger partial charge in [0.1, 0.15) is 5.01 Å². The molecule has 1 atom stereocenters. The Bertz CT molecular complexity index is 406. The van der Waals surface area contributed by atoms with Crippen LogP contribution >= 0.6 is 11.3 Å². The minimum Gasteiger partial charge on any atom is -0.314 e. The van der Waals surface area contributed by atoms with Gasteiger partial charge >= 0.3 is 0 Å². The van der Waals surface area contributed by atoms with Crippen molar-refractivity contribution in [3.05, 3.63) is 16.1 Å². The van der Waals surface area contributed by atoms with E-state index in [4.69, 9.17) is 4.98 Å². The monoisotopic (exact) mass is 293 g/mol. The molecule has 1 aromatic rings. The van der Waals surface area contributed by atoms with Crippen molar-refractivity contribution in [2.24, 2.45) is 0 Å². The molecule has 0 aromatic carbocycles. The van der Waals surface area contributed by atoms with Crippen LogP contribution in [0.5, 0.6) is 0 Å². The van der Waals surface area contributed by atoms with Crippen LogP contribution in [0.2, 0.25) is 0 Å². The number of thiazole rings is 1. The Kier molecular flexibility index (Phi) is 5.08. The van der Waals surface area contributed by atoms with Crippen molar-refractivity contribution in [3.8, 4) is 0 Å². The number of hydrogen-bond donors (Lipinski definition) is 1. The van der Waals surface area contributed by atoms with Gasteiger partial charge in [-0.3, -0.25) is 4.90 Å². The van der Waals surface area contributed by atoms with E-state index in [0.717, 1.165) is 32.1 Å². The SMILES string of the molecule is CCC(c1nc(C2CCCCC2)cs1)N1CCNCC1. The van der Waals surface area contributed by atoms with Crippen LogP contribution in [-0.2, 0) is 0 Å². The first kappa shape index (κ1) is 14.5. The molecule has 1 saturated carbocycles. The summed E-state index contributed by atoms with van der Waals surface area (Å²) in [6.07, 6.45) is 8.10. The second-order valence-electron chi connectivity index (χ2n) is 6.16. The van der Waals surface area contributed by atoms with Gasteiger partial charge in [-0.1, -0.05) is 26.2 Å². The molecule has 0 radical (unpaired) electrons. The van der Waals surface area contributed by atoms with Crippen molar-refractivity contribution in [3.63, 3.8) is 0 Å². The van der Waals surface area contributed by atoms with Crippen molar-refractivity contribution in [2.75, 3.05) is 26.2 Å². The first-order valence-corrected chi connectivity index (χ1v) is 9.16. The number of nitrogens with one attached hydrogen (secondary N) is 1. The second kappa shape index (κ2) is 7.01. The average Bonchev–Trinajstić information content (AvgIpc) is 3.00. The smallest absolute Gasteiger partial charge is 0.110 e. The molecule has 1 saturated heterocycles. The van der Waals surface area contributed by atoms with Gasteiger partial charge in [0.25, 0.3) is 0 Å². The lowest BCUT2D eigenvalue weighted by Crippen LogP contribution is -2.45. The zero-order chi connectivity index (χ0) is 13.8. The highest BCUT2D eigenvalue weighted by Gasteiger charge is 2.25. The molecule has 2 aliphatic rings. The molecule has 4 heteroatoms. The van der Waals surface area contributed by atoms with E-state index in [1.165, 1.54) is 49.2 Å². The molecular weight excluding hydrogens is 266 g/mol. The first-order chi connectivity index (χ1) is 9.88. The van der Waals surface area contributed by atoms with E-state index >= 15 is 0 Å². The summed E-state index contributed by atoms with van der Waals surface area (Å²) in [5, 5.41) is 7.14. The number of hydrogen-bond acceptors (Lipinski definition) is 4. The Labute approximate surface area is 126 Å². The maximum atomic E-state index is 5.04. The van der Waals surface area contributed by atoms with Crippen LogP contribution < -0.4 is 5.32 Å². The maximum Gasteiger partial charge on any atom is 0.110 e. The molecule has 0 bridgehead atoms. The molecule has 0 amide bonds. The molecule has 1 aromatic heterocycles. The average molecular weight is 293 g/mol. The van der Waals surface area contributed by atoms with Crippen LogP contribution in [0.1, 0.15) is 68.1 Å². The van der Waals surface area contributed by atoms with Gasteiger partial charge < -0.3 is 5.32 Å². The molecule has 1 unspecified atom stereocenters. The fourth-order valence-corrected chi connectivity index (χ4v) is 4.74. The van der Waals surface area contributed by atoms with Gasteiger partial charge in [0.05, 0.1) is 11.7 Å². The van der Waals surface area contributed by atoms with Gasteiger partial charge in [0.15, 0.2) is 0 Å². The fraction of sp³-hybridized carbons (Fsp3) is 0.812. The van der Waals surface area contributed by atoms with Crippen LogP contribution in [0.15, 0.2) is 5.38 Å². The Morgan fingerprint density at radius 2 is 2.05 bits per heavy atom. The van der Waals surface area contributed by atoms with Gasteiger partial charge in [-0.25, -0.2) is 4.98 Å². The minimum absolute atomic E-state index is 0.541. The van der Waals surface area contributed by atoms with E-state index in [0.29, 0.717) is 6.04 Å². The molecular formula is C16H27N3S. The lowest BCUT2D eigenvalue weighted by atomic mass is 9.87. The molecule has 20 heavy (non-hydrogen) atoms. The van der Waals surface area contributed by atoms with Crippen LogP contribution in [0, 0.1) is 0 Å². The summed E-state index contributed by atoms with van der Waals surface area (Å²) in [6.45, 7) is 6.87. The quantitative estimate of drug-likeness (QED) is 0.920. The largest absolute Gasteiger partial charge is 0.314 e. The highest BCUT2D eigenvalue weighted by Crippen LogP contribution is 2.35. The highest BCUT2D eigenvalue weighted by molar-refractivity contribution is 7.09. The Morgan fingerprint density at radius 3 is 2.75 bits per heavy atom. The summed E-state index contributed by atoms with van der Waals surface area (Å²) in [5.74, 6) is 0.745. The molecule has 1 N–H and O–H groups in total. The number of rotatable bonds is 4. The fourth-order valence-electron chi connectivity index (χ4n) is 3.62. The summed E-state index contributed by atoms with van der Waals surface area (Å²) in [4.78, 5) is 7.65.